The molecule has 24 heavy (non-hydrogen) atoms. The predicted molar refractivity (Wildman–Crippen MR) is 93.2 cm³/mol. The van der Waals surface area contributed by atoms with Crippen LogP contribution in [0.1, 0.15) is 15.4 Å². The average Bonchev–Trinajstić information content (AvgIpc) is 3.02. The molecule has 0 saturated carbocycles. The molecule has 0 spiro atoms. The Morgan fingerprint density at radius 3 is 2.58 bits per heavy atom. The maximum atomic E-state index is 13.4. The van der Waals surface area contributed by atoms with Crippen molar-refractivity contribution in [3.63, 3.8) is 0 Å². The molecule has 0 aliphatic rings. The van der Waals surface area contributed by atoms with E-state index in [2.05, 4.69) is 10.3 Å². The lowest BCUT2D eigenvalue weighted by molar-refractivity contribution is 0.102. The Morgan fingerprint density at radius 2 is 1.96 bits per heavy atom. The Labute approximate surface area is 142 Å². The average molecular weight is 342 g/mol. The summed E-state index contributed by atoms with van der Waals surface area (Å²) in [6, 6.07) is 11.2. The molecule has 3 rings (SSSR count). The molecule has 1 amide bonds. The van der Waals surface area contributed by atoms with E-state index in [9.17, 15) is 9.18 Å². The molecule has 122 valence electrons. The van der Waals surface area contributed by atoms with Gasteiger partial charge in [0.1, 0.15) is 11.6 Å². The minimum absolute atomic E-state index is 0.150. The van der Waals surface area contributed by atoms with Crippen molar-refractivity contribution in [2.24, 2.45) is 0 Å². The third kappa shape index (κ3) is 3.44. The summed E-state index contributed by atoms with van der Waals surface area (Å²) in [7, 11) is 1.44. The number of thiazole rings is 1. The summed E-state index contributed by atoms with van der Waals surface area (Å²) in [6.45, 7) is 1.95. The fourth-order valence-electron chi connectivity index (χ4n) is 2.28. The molecule has 3 aromatic rings. The monoisotopic (exact) mass is 342 g/mol. The van der Waals surface area contributed by atoms with E-state index in [-0.39, 0.29) is 5.56 Å². The van der Waals surface area contributed by atoms with Gasteiger partial charge in [0.05, 0.1) is 23.4 Å². The van der Waals surface area contributed by atoms with E-state index in [1.807, 2.05) is 24.4 Å². The van der Waals surface area contributed by atoms with Gasteiger partial charge in [0.2, 0.25) is 0 Å². The minimum atomic E-state index is -0.491. The number of carbonyl (C=O) groups excluding carboxylic acids is 1. The molecular formula is C18H15FN2O2S. The van der Waals surface area contributed by atoms with Crippen LogP contribution in [-0.4, -0.2) is 18.0 Å². The normalized spacial score (nSPS) is 10.5. The smallest absolute Gasteiger partial charge is 0.259 e. The van der Waals surface area contributed by atoms with Crippen molar-refractivity contribution in [2.75, 3.05) is 12.4 Å². The SMILES string of the molecule is COc1ccc(F)cc1C(=O)Nc1ccc(-c2csc(C)n2)cc1. The van der Waals surface area contributed by atoms with Gasteiger partial charge in [-0.15, -0.1) is 11.3 Å². The molecule has 1 heterocycles. The van der Waals surface area contributed by atoms with Gasteiger partial charge >= 0.3 is 0 Å². The molecule has 1 N–H and O–H groups in total. The number of halogens is 1. The van der Waals surface area contributed by atoms with Crippen molar-refractivity contribution in [2.45, 2.75) is 6.92 Å². The van der Waals surface area contributed by atoms with E-state index < -0.39 is 11.7 Å². The topological polar surface area (TPSA) is 51.2 Å². The quantitative estimate of drug-likeness (QED) is 0.758. The van der Waals surface area contributed by atoms with Gasteiger partial charge in [-0.3, -0.25) is 4.79 Å². The van der Waals surface area contributed by atoms with E-state index >= 15 is 0 Å². The molecule has 0 atom stereocenters. The molecule has 1 aromatic heterocycles. The van der Waals surface area contributed by atoms with Crippen LogP contribution in [0.4, 0.5) is 10.1 Å². The van der Waals surface area contributed by atoms with Crippen LogP contribution in [0.3, 0.4) is 0 Å². The highest BCUT2D eigenvalue weighted by atomic mass is 32.1. The first-order valence-corrected chi connectivity index (χ1v) is 8.12. The van der Waals surface area contributed by atoms with Crippen molar-refractivity contribution in [1.29, 1.82) is 0 Å². The first-order valence-electron chi connectivity index (χ1n) is 7.24. The Bertz CT molecular complexity index is 875. The van der Waals surface area contributed by atoms with E-state index in [1.165, 1.54) is 19.2 Å². The van der Waals surface area contributed by atoms with Crippen molar-refractivity contribution in [1.82, 2.24) is 4.98 Å². The number of methoxy groups -OCH3 is 1. The molecule has 4 nitrogen and oxygen atoms in total. The Kier molecular flexibility index (Phi) is 4.57. The number of aryl methyl sites for hydroxylation is 1. The van der Waals surface area contributed by atoms with Gasteiger partial charge < -0.3 is 10.1 Å². The van der Waals surface area contributed by atoms with Gasteiger partial charge in [-0.1, -0.05) is 12.1 Å². The van der Waals surface area contributed by atoms with Gasteiger partial charge in [0.15, 0.2) is 0 Å². The molecule has 0 saturated heterocycles. The van der Waals surface area contributed by atoms with Gasteiger partial charge in [0.25, 0.3) is 5.91 Å². The third-order valence-electron chi connectivity index (χ3n) is 3.46. The van der Waals surface area contributed by atoms with Crippen molar-refractivity contribution < 1.29 is 13.9 Å². The van der Waals surface area contributed by atoms with Crippen molar-refractivity contribution >= 4 is 22.9 Å². The second-order valence-corrected chi connectivity index (χ2v) is 6.19. The fourth-order valence-corrected chi connectivity index (χ4v) is 2.90. The van der Waals surface area contributed by atoms with Crippen LogP contribution in [-0.2, 0) is 0 Å². The Hall–Kier alpha value is -2.73. The summed E-state index contributed by atoms with van der Waals surface area (Å²) >= 11 is 1.59. The number of ether oxygens (including phenoxy) is 1. The van der Waals surface area contributed by atoms with Crippen LogP contribution < -0.4 is 10.1 Å². The zero-order chi connectivity index (χ0) is 17.1. The summed E-state index contributed by atoms with van der Waals surface area (Å²) in [4.78, 5) is 16.8. The van der Waals surface area contributed by atoms with Crippen LogP contribution in [0.5, 0.6) is 5.75 Å². The molecule has 0 fully saturated rings. The summed E-state index contributed by atoms with van der Waals surface area (Å²) in [6.07, 6.45) is 0. The summed E-state index contributed by atoms with van der Waals surface area (Å²) < 4.78 is 18.5. The number of hydrogen-bond acceptors (Lipinski definition) is 4. The number of amides is 1. The van der Waals surface area contributed by atoms with Crippen molar-refractivity contribution in [3.05, 3.63) is 64.2 Å². The molecular weight excluding hydrogens is 327 g/mol. The van der Waals surface area contributed by atoms with Gasteiger partial charge in [-0.2, -0.15) is 0 Å². The zero-order valence-corrected chi connectivity index (χ0v) is 14.0. The third-order valence-corrected chi connectivity index (χ3v) is 4.24. The van der Waals surface area contributed by atoms with E-state index in [0.717, 1.165) is 22.3 Å². The Morgan fingerprint density at radius 1 is 1.21 bits per heavy atom. The second-order valence-electron chi connectivity index (χ2n) is 5.13. The maximum absolute atomic E-state index is 13.4. The molecule has 0 aliphatic heterocycles. The fraction of sp³-hybridized carbons (Fsp3) is 0.111. The lowest BCUT2D eigenvalue weighted by Crippen LogP contribution is -2.13. The van der Waals surface area contributed by atoms with Crippen LogP contribution >= 0.6 is 11.3 Å². The number of nitrogens with one attached hydrogen (secondary N) is 1. The zero-order valence-electron chi connectivity index (χ0n) is 13.2. The highest BCUT2D eigenvalue weighted by Crippen LogP contribution is 2.24. The summed E-state index contributed by atoms with van der Waals surface area (Å²) in [5, 5.41) is 5.73. The van der Waals surface area contributed by atoms with E-state index in [4.69, 9.17) is 4.74 Å². The number of aromatic nitrogens is 1. The van der Waals surface area contributed by atoms with Gasteiger partial charge in [0, 0.05) is 16.6 Å². The summed E-state index contributed by atoms with van der Waals surface area (Å²) in [5.74, 6) is -0.595. The van der Waals surface area contributed by atoms with Crippen molar-refractivity contribution in [3.8, 4) is 17.0 Å². The number of carbonyl (C=O) groups is 1. The largest absolute Gasteiger partial charge is 0.496 e. The molecule has 0 aliphatic carbocycles. The standard InChI is InChI=1S/C18H15FN2O2S/c1-11-20-16(10-24-11)12-3-6-14(7-4-12)21-18(22)15-9-13(19)5-8-17(15)23-2/h3-10H,1-2H3,(H,21,22). The molecule has 0 unspecified atom stereocenters. The number of rotatable bonds is 4. The highest BCUT2D eigenvalue weighted by molar-refractivity contribution is 7.09. The summed E-state index contributed by atoms with van der Waals surface area (Å²) in [5.41, 5.74) is 2.64. The van der Waals surface area contributed by atoms with Gasteiger partial charge in [-0.25, -0.2) is 9.37 Å². The number of nitrogens with zero attached hydrogens (tertiary/aromatic N) is 1. The van der Waals surface area contributed by atoms with E-state index in [0.29, 0.717) is 11.4 Å². The first-order chi connectivity index (χ1) is 11.6. The predicted octanol–water partition coefficient (Wildman–Crippen LogP) is 4.52. The van der Waals surface area contributed by atoms with Crippen LogP contribution in [0, 0.1) is 12.7 Å². The molecule has 6 heteroatoms. The van der Waals surface area contributed by atoms with Crippen LogP contribution in [0.25, 0.3) is 11.3 Å². The number of anilines is 1. The lowest BCUT2D eigenvalue weighted by Gasteiger charge is -2.10. The van der Waals surface area contributed by atoms with Crippen LogP contribution in [0.15, 0.2) is 47.8 Å². The van der Waals surface area contributed by atoms with E-state index in [1.54, 1.807) is 23.5 Å². The van der Waals surface area contributed by atoms with Crippen LogP contribution in [0.2, 0.25) is 0 Å². The Balaban J connectivity index is 1.79. The number of hydrogen-bond donors (Lipinski definition) is 1. The van der Waals surface area contributed by atoms with Gasteiger partial charge in [-0.05, 0) is 37.3 Å². The minimum Gasteiger partial charge on any atom is -0.496 e. The molecule has 0 bridgehead atoms. The first kappa shape index (κ1) is 16.1. The highest BCUT2D eigenvalue weighted by Gasteiger charge is 2.14. The molecule has 2 aromatic carbocycles. The molecule has 0 radical (unpaired) electrons. The second kappa shape index (κ2) is 6.80. The number of benzene rings is 2. The maximum Gasteiger partial charge on any atom is 0.259 e. The lowest BCUT2D eigenvalue weighted by atomic mass is 10.1.